The van der Waals surface area contributed by atoms with Gasteiger partial charge in [-0.2, -0.15) is 0 Å². The van der Waals surface area contributed by atoms with Crippen LogP contribution in [0.1, 0.15) is 20.8 Å². The summed E-state index contributed by atoms with van der Waals surface area (Å²) in [6.45, 7) is 8.70. The van der Waals surface area contributed by atoms with E-state index in [-0.39, 0.29) is 24.0 Å². The summed E-state index contributed by atoms with van der Waals surface area (Å²) < 4.78 is 5.49. The Labute approximate surface area is 121 Å². The third kappa shape index (κ3) is 5.88. The number of likely N-dealkylation sites (N-methyl/N-ethyl adjacent to an activating group) is 1. The Morgan fingerprint density at radius 1 is 1.00 bits per heavy atom. The van der Waals surface area contributed by atoms with Crippen LogP contribution in [0.15, 0.2) is 0 Å². The van der Waals surface area contributed by atoms with Crippen molar-refractivity contribution in [2.24, 2.45) is 0 Å². The fourth-order valence-corrected chi connectivity index (χ4v) is 1.95. The Kier molecular flexibility index (Phi) is 5.95. The molecule has 2 amide bonds. The van der Waals surface area contributed by atoms with Crippen molar-refractivity contribution in [3.05, 3.63) is 0 Å². The summed E-state index contributed by atoms with van der Waals surface area (Å²) in [6, 6.07) is 0. The van der Waals surface area contributed by atoms with Crippen molar-refractivity contribution in [2.45, 2.75) is 26.4 Å². The van der Waals surface area contributed by atoms with E-state index in [0.717, 1.165) is 0 Å². The van der Waals surface area contributed by atoms with Gasteiger partial charge in [0, 0.05) is 26.2 Å². The normalized spacial score (nSPS) is 16.7. The van der Waals surface area contributed by atoms with Gasteiger partial charge in [0.1, 0.15) is 6.61 Å². The highest BCUT2D eigenvalue weighted by Gasteiger charge is 2.25. The van der Waals surface area contributed by atoms with Crippen LogP contribution in [-0.2, 0) is 14.3 Å². The van der Waals surface area contributed by atoms with Crippen molar-refractivity contribution in [1.29, 1.82) is 0 Å². The molecule has 1 heterocycles. The van der Waals surface area contributed by atoms with Gasteiger partial charge in [0.15, 0.2) is 0 Å². The summed E-state index contributed by atoms with van der Waals surface area (Å²) in [7, 11) is 3.75. The number of hydrogen-bond donors (Lipinski definition) is 0. The van der Waals surface area contributed by atoms with E-state index in [2.05, 4.69) is 0 Å². The molecular formula is C14H27N3O3. The van der Waals surface area contributed by atoms with Gasteiger partial charge in [-0.3, -0.25) is 9.59 Å². The Morgan fingerprint density at radius 3 is 1.85 bits per heavy atom. The molecule has 116 valence electrons. The minimum atomic E-state index is -0.306. The van der Waals surface area contributed by atoms with Gasteiger partial charge in [-0.15, -0.1) is 0 Å². The van der Waals surface area contributed by atoms with Gasteiger partial charge in [-0.1, -0.05) is 0 Å². The van der Waals surface area contributed by atoms with Crippen molar-refractivity contribution in [3.63, 3.8) is 0 Å². The van der Waals surface area contributed by atoms with Gasteiger partial charge in [-0.25, -0.2) is 0 Å². The second-order valence-electron chi connectivity index (χ2n) is 6.40. The Balaban J connectivity index is 2.34. The first-order valence-corrected chi connectivity index (χ1v) is 7.03. The zero-order valence-electron chi connectivity index (χ0n) is 13.3. The highest BCUT2D eigenvalue weighted by atomic mass is 16.5. The zero-order valence-corrected chi connectivity index (χ0v) is 13.3. The number of nitrogens with zero attached hydrogens (tertiary/aromatic N) is 3. The van der Waals surface area contributed by atoms with E-state index in [4.69, 9.17) is 4.74 Å². The zero-order chi connectivity index (χ0) is 15.3. The van der Waals surface area contributed by atoms with Crippen LogP contribution in [0, 0.1) is 0 Å². The number of ether oxygens (including phenoxy) is 1. The maximum absolute atomic E-state index is 12.0. The minimum absolute atomic E-state index is 0.000339. The summed E-state index contributed by atoms with van der Waals surface area (Å²) in [5.41, 5.74) is -0.306. The maximum Gasteiger partial charge on any atom is 0.248 e. The van der Waals surface area contributed by atoms with Gasteiger partial charge in [0.2, 0.25) is 11.8 Å². The fraction of sp³-hybridized carbons (Fsp3) is 0.857. The Bertz CT molecular complexity index is 342. The van der Waals surface area contributed by atoms with Crippen LogP contribution in [0.3, 0.4) is 0 Å². The first kappa shape index (κ1) is 16.9. The molecule has 0 aromatic carbocycles. The third-order valence-corrected chi connectivity index (χ3v) is 3.07. The van der Waals surface area contributed by atoms with Crippen LogP contribution in [-0.4, -0.2) is 85.5 Å². The lowest BCUT2D eigenvalue weighted by molar-refractivity contribution is -0.146. The Morgan fingerprint density at radius 2 is 1.45 bits per heavy atom. The Hall–Kier alpha value is -1.14. The van der Waals surface area contributed by atoms with Crippen LogP contribution >= 0.6 is 0 Å². The average Bonchev–Trinajstić information content (AvgIpc) is 2.34. The lowest BCUT2D eigenvalue weighted by Gasteiger charge is -2.35. The number of carbonyl (C=O) groups is 2. The van der Waals surface area contributed by atoms with Gasteiger partial charge in [-0.05, 0) is 34.9 Å². The average molecular weight is 285 g/mol. The van der Waals surface area contributed by atoms with Gasteiger partial charge >= 0.3 is 0 Å². The van der Waals surface area contributed by atoms with Crippen molar-refractivity contribution < 1.29 is 14.3 Å². The molecule has 1 rings (SSSR count). The highest BCUT2D eigenvalue weighted by Crippen LogP contribution is 2.08. The molecule has 0 unspecified atom stereocenters. The molecule has 0 bridgehead atoms. The number of hydrogen-bond acceptors (Lipinski definition) is 4. The molecule has 0 aromatic heterocycles. The molecule has 0 N–H and O–H groups in total. The van der Waals surface area contributed by atoms with Gasteiger partial charge in [0.25, 0.3) is 0 Å². The number of rotatable bonds is 4. The summed E-state index contributed by atoms with van der Waals surface area (Å²) in [4.78, 5) is 29.3. The van der Waals surface area contributed by atoms with E-state index in [0.29, 0.717) is 32.7 Å². The van der Waals surface area contributed by atoms with E-state index in [1.54, 1.807) is 4.90 Å². The predicted molar refractivity (Wildman–Crippen MR) is 77.4 cm³/mol. The molecule has 0 aliphatic carbocycles. The van der Waals surface area contributed by atoms with Crippen LogP contribution in [0.25, 0.3) is 0 Å². The van der Waals surface area contributed by atoms with Crippen molar-refractivity contribution in [3.8, 4) is 0 Å². The maximum atomic E-state index is 12.0. The standard InChI is InChI=1S/C14H27N3O3/c1-14(2,3)20-11-13(19)17-8-6-16(7-9-17)12(18)10-15(4)5/h6-11H2,1-5H3. The summed E-state index contributed by atoms with van der Waals surface area (Å²) >= 11 is 0. The molecule has 1 aliphatic rings. The topological polar surface area (TPSA) is 53.1 Å². The highest BCUT2D eigenvalue weighted by molar-refractivity contribution is 5.80. The van der Waals surface area contributed by atoms with Crippen LogP contribution in [0.2, 0.25) is 0 Å². The van der Waals surface area contributed by atoms with Crippen molar-refractivity contribution in [1.82, 2.24) is 14.7 Å². The molecule has 6 heteroatoms. The molecule has 20 heavy (non-hydrogen) atoms. The molecule has 6 nitrogen and oxygen atoms in total. The van der Waals surface area contributed by atoms with E-state index in [9.17, 15) is 9.59 Å². The molecular weight excluding hydrogens is 258 g/mol. The second-order valence-corrected chi connectivity index (χ2v) is 6.40. The summed E-state index contributed by atoms with van der Waals surface area (Å²) in [6.07, 6.45) is 0. The van der Waals surface area contributed by atoms with Gasteiger partial charge < -0.3 is 19.4 Å². The summed E-state index contributed by atoms with van der Waals surface area (Å²) in [5, 5.41) is 0. The van der Waals surface area contributed by atoms with E-state index >= 15 is 0 Å². The molecule has 1 fully saturated rings. The molecule has 0 spiro atoms. The SMILES string of the molecule is CN(C)CC(=O)N1CCN(C(=O)COC(C)(C)C)CC1. The lowest BCUT2D eigenvalue weighted by atomic mass is 10.2. The van der Waals surface area contributed by atoms with Gasteiger partial charge in [0.05, 0.1) is 12.1 Å². The molecule has 0 saturated carbocycles. The number of carbonyl (C=O) groups excluding carboxylic acids is 2. The molecule has 1 saturated heterocycles. The third-order valence-electron chi connectivity index (χ3n) is 3.07. The fourth-order valence-electron chi connectivity index (χ4n) is 1.95. The minimum Gasteiger partial charge on any atom is -0.366 e. The summed E-state index contributed by atoms with van der Waals surface area (Å²) in [5.74, 6) is 0.118. The van der Waals surface area contributed by atoms with Crippen LogP contribution in [0.5, 0.6) is 0 Å². The first-order valence-electron chi connectivity index (χ1n) is 7.03. The van der Waals surface area contributed by atoms with Crippen LogP contribution < -0.4 is 0 Å². The monoisotopic (exact) mass is 285 g/mol. The first-order chi connectivity index (χ1) is 9.19. The quantitative estimate of drug-likeness (QED) is 0.731. The van der Waals surface area contributed by atoms with Crippen molar-refractivity contribution in [2.75, 3.05) is 53.4 Å². The second kappa shape index (κ2) is 7.04. The molecule has 1 aliphatic heterocycles. The molecule has 0 aromatic rings. The predicted octanol–water partition coefficient (Wildman–Crippen LogP) is 0.0339. The number of amides is 2. The lowest BCUT2D eigenvalue weighted by Crippen LogP contribution is -2.53. The van der Waals surface area contributed by atoms with E-state index in [1.807, 2.05) is 44.7 Å². The smallest absolute Gasteiger partial charge is 0.248 e. The largest absolute Gasteiger partial charge is 0.366 e. The van der Waals surface area contributed by atoms with Crippen molar-refractivity contribution >= 4 is 11.8 Å². The van der Waals surface area contributed by atoms with Crippen LogP contribution in [0.4, 0.5) is 0 Å². The molecule has 0 radical (unpaired) electrons. The number of piperazine rings is 1. The van der Waals surface area contributed by atoms with E-state index < -0.39 is 0 Å². The molecule has 0 atom stereocenters. The van der Waals surface area contributed by atoms with E-state index in [1.165, 1.54) is 0 Å².